The predicted octanol–water partition coefficient (Wildman–Crippen LogP) is 12.8. The smallest absolute Gasteiger partial charge is 0.0714 e. The van der Waals surface area contributed by atoms with E-state index < -0.39 is 5.41 Å². The summed E-state index contributed by atoms with van der Waals surface area (Å²) in [5.41, 5.74) is 17.0. The van der Waals surface area contributed by atoms with Gasteiger partial charge in [0.25, 0.3) is 0 Å². The second-order valence-corrected chi connectivity index (χ2v) is 13.8. The summed E-state index contributed by atoms with van der Waals surface area (Å²) in [6, 6.07) is 71.8. The summed E-state index contributed by atoms with van der Waals surface area (Å²) in [7, 11) is 0. The number of aromatic nitrogens is 1. The van der Waals surface area contributed by atoms with Gasteiger partial charge < -0.3 is 4.57 Å². The first-order valence-corrected chi connectivity index (χ1v) is 17.8. The first-order valence-electron chi connectivity index (χ1n) is 17.8. The average Bonchev–Trinajstić information content (AvgIpc) is 3.69. The highest BCUT2D eigenvalue weighted by atomic mass is 15.0. The van der Waals surface area contributed by atoms with Crippen LogP contribution >= 0.6 is 0 Å². The molecule has 0 radical (unpaired) electrons. The minimum absolute atomic E-state index is 0.454. The van der Waals surface area contributed by atoms with Crippen LogP contribution in [0.5, 0.6) is 0 Å². The van der Waals surface area contributed by atoms with Crippen LogP contribution in [0.3, 0.4) is 0 Å². The number of fused-ring (bicyclic) bond motifs is 6. The monoisotopic (exact) mass is 649 g/mol. The van der Waals surface area contributed by atoms with Crippen molar-refractivity contribution >= 4 is 21.8 Å². The molecule has 240 valence electrons. The third-order valence-electron chi connectivity index (χ3n) is 11.0. The quantitative estimate of drug-likeness (QED) is 0.175. The Morgan fingerprint density at radius 3 is 1.73 bits per heavy atom. The molecule has 0 N–H and O–H groups in total. The molecule has 1 aliphatic carbocycles. The normalized spacial score (nSPS) is 13.0. The second kappa shape index (κ2) is 11.6. The maximum Gasteiger partial charge on any atom is 0.0714 e. The van der Waals surface area contributed by atoms with Crippen molar-refractivity contribution in [2.75, 3.05) is 0 Å². The fraction of sp³-hybridized carbons (Fsp3) is 0.0400. The van der Waals surface area contributed by atoms with Gasteiger partial charge in [-0.2, -0.15) is 0 Å². The lowest BCUT2D eigenvalue weighted by atomic mass is 9.67. The van der Waals surface area contributed by atoms with Crippen molar-refractivity contribution in [3.8, 4) is 39.1 Å². The van der Waals surface area contributed by atoms with Crippen LogP contribution in [0, 0.1) is 6.92 Å². The van der Waals surface area contributed by atoms with Gasteiger partial charge in [0.2, 0.25) is 0 Å². The fourth-order valence-corrected chi connectivity index (χ4v) is 8.62. The molecule has 0 fully saturated rings. The Morgan fingerprint density at radius 2 is 0.961 bits per heavy atom. The third kappa shape index (κ3) is 4.48. The van der Waals surface area contributed by atoms with E-state index in [9.17, 15) is 0 Å². The Labute approximate surface area is 298 Å². The molecule has 0 spiro atoms. The van der Waals surface area contributed by atoms with Crippen molar-refractivity contribution < 1.29 is 0 Å². The van der Waals surface area contributed by atoms with E-state index in [1.807, 2.05) is 0 Å². The van der Waals surface area contributed by atoms with Crippen LogP contribution in [0.25, 0.3) is 60.9 Å². The molecule has 1 heterocycles. The summed E-state index contributed by atoms with van der Waals surface area (Å²) in [6.07, 6.45) is 0. The molecular formula is C50H35N. The van der Waals surface area contributed by atoms with E-state index in [0.29, 0.717) is 0 Å². The SMILES string of the molecule is Cc1ccc(-c2cccc(-c3ccc4c5ccccc5n(-c5ccc6c(c5)C(c5ccccc5)(c5ccccc5)c5ccccc5-6)c4c3)c2)cc1. The number of hydrogen-bond acceptors (Lipinski definition) is 0. The first-order chi connectivity index (χ1) is 25.2. The minimum Gasteiger partial charge on any atom is -0.309 e. The Balaban J connectivity index is 1.22. The summed E-state index contributed by atoms with van der Waals surface area (Å²) in [6.45, 7) is 2.14. The van der Waals surface area contributed by atoms with E-state index in [0.717, 1.165) is 5.69 Å². The minimum atomic E-state index is -0.454. The summed E-state index contributed by atoms with van der Waals surface area (Å²) in [5.74, 6) is 0. The standard InChI is InChI=1S/C50H35N/c1-34-23-25-35(26-24-34)36-13-12-14-37(31-36)38-27-29-45-44-20-9-11-22-48(44)51(49(45)32-38)41-28-30-43-42-19-8-10-21-46(42)50(47(43)33-41,39-15-4-2-5-16-39)40-17-6-3-7-18-40/h2-33H,1H3. The summed E-state index contributed by atoms with van der Waals surface area (Å²) in [5, 5.41) is 2.51. The maximum absolute atomic E-state index is 2.47. The highest BCUT2D eigenvalue weighted by Crippen LogP contribution is 2.56. The molecule has 0 unspecified atom stereocenters. The molecular weight excluding hydrogens is 615 g/mol. The first kappa shape index (κ1) is 29.5. The molecule has 0 saturated carbocycles. The predicted molar refractivity (Wildman–Crippen MR) is 214 cm³/mol. The molecule has 0 saturated heterocycles. The Morgan fingerprint density at radius 1 is 0.373 bits per heavy atom. The van der Waals surface area contributed by atoms with Crippen LogP contribution < -0.4 is 0 Å². The number of hydrogen-bond donors (Lipinski definition) is 0. The van der Waals surface area contributed by atoms with Gasteiger partial charge in [0.1, 0.15) is 0 Å². The van der Waals surface area contributed by atoms with E-state index in [-0.39, 0.29) is 0 Å². The molecule has 1 aromatic heterocycles. The van der Waals surface area contributed by atoms with Gasteiger partial charge in [-0.1, -0.05) is 169 Å². The van der Waals surface area contributed by atoms with E-state index >= 15 is 0 Å². The number of rotatable bonds is 5. The zero-order valence-corrected chi connectivity index (χ0v) is 28.4. The lowest BCUT2D eigenvalue weighted by Gasteiger charge is -2.34. The van der Waals surface area contributed by atoms with Gasteiger partial charge in [0.05, 0.1) is 16.4 Å². The van der Waals surface area contributed by atoms with Crippen LogP contribution in [-0.2, 0) is 5.41 Å². The number of benzene rings is 8. The summed E-state index contributed by atoms with van der Waals surface area (Å²) in [4.78, 5) is 0. The van der Waals surface area contributed by atoms with Crippen LogP contribution in [0.15, 0.2) is 194 Å². The molecule has 0 amide bonds. The molecule has 9 aromatic rings. The topological polar surface area (TPSA) is 4.93 Å². The highest BCUT2D eigenvalue weighted by Gasteiger charge is 2.46. The van der Waals surface area contributed by atoms with Gasteiger partial charge >= 0.3 is 0 Å². The highest BCUT2D eigenvalue weighted by molar-refractivity contribution is 6.10. The number of aryl methyl sites for hydroxylation is 1. The van der Waals surface area contributed by atoms with Crippen LogP contribution in [0.4, 0.5) is 0 Å². The molecule has 1 nitrogen and oxygen atoms in total. The zero-order valence-electron chi connectivity index (χ0n) is 28.4. The molecule has 1 aliphatic rings. The van der Waals surface area contributed by atoms with Crippen molar-refractivity contribution in [2.45, 2.75) is 12.3 Å². The summed E-state index contributed by atoms with van der Waals surface area (Å²) >= 11 is 0. The molecule has 0 aliphatic heterocycles. The van der Waals surface area contributed by atoms with Gasteiger partial charge in [0.15, 0.2) is 0 Å². The van der Waals surface area contributed by atoms with E-state index in [1.54, 1.807) is 0 Å². The molecule has 10 rings (SSSR count). The van der Waals surface area contributed by atoms with Crippen molar-refractivity contribution in [2.24, 2.45) is 0 Å². The Bertz CT molecular complexity index is 2690. The molecule has 0 bridgehead atoms. The van der Waals surface area contributed by atoms with Crippen molar-refractivity contribution in [3.05, 3.63) is 222 Å². The van der Waals surface area contributed by atoms with Gasteiger partial charge in [-0.15, -0.1) is 0 Å². The summed E-state index contributed by atoms with van der Waals surface area (Å²) < 4.78 is 2.47. The Kier molecular flexibility index (Phi) is 6.69. The third-order valence-corrected chi connectivity index (χ3v) is 11.0. The van der Waals surface area contributed by atoms with Crippen LogP contribution in [0.2, 0.25) is 0 Å². The van der Waals surface area contributed by atoms with E-state index in [2.05, 4.69) is 206 Å². The van der Waals surface area contributed by atoms with Crippen molar-refractivity contribution in [1.29, 1.82) is 0 Å². The molecule has 8 aromatic carbocycles. The lowest BCUT2D eigenvalue weighted by molar-refractivity contribution is 0.767. The van der Waals surface area contributed by atoms with Gasteiger partial charge in [-0.25, -0.2) is 0 Å². The average molecular weight is 650 g/mol. The molecule has 51 heavy (non-hydrogen) atoms. The van der Waals surface area contributed by atoms with E-state index in [4.69, 9.17) is 0 Å². The van der Waals surface area contributed by atoms with Gasteiger partial charge in [-0.3, -0.25) is 0 Å². The lowest BCUT2D eigenvalue weighted by Crippen LogP contribution is -2.28. The maximum atomic E-state index is 2.47. The largest absolute Gasteiger partial charge is 0.309 e. The van der Waals surface area contributed by atoms with Crippen LogP contribution in [-0.4, -0.2) is 4.57 Å². The van der Waals surface area contributed by atoms with E-state index in [1.165, 1.54) is 83.0 Å². The van der Waals surface area contributed by atoms with Crippen LogP contribution in [0.1, 0.15) is 27.8 Å². The number of para-hydroxylation sites is 1. The molecule has 0 atom stereocenters. The molecule has 1 heteroatoms. The second-order valence-electron chi connectivity index (χ2n) is 13.8. The van der Waals surface area contributed by atoms with Crippen molar-refractivity contribution in [1.82, 2.24) is 4.57 Å². The zero-order chi connectivity index (χ0) is 33.9. The number of nitrogens with zero attached hydrogens (tertiary/aromatic N) is 1. The Hall–Kier alpha value is -6.44. The van der Waals surface area contributed by atoms with Crippen molar-refractivity contribution in [3.63, 3.8) is 0 Å². The van der Waals surface area contributed by atoms with Gasteiger partial charge in [-0.05, 0) is 92.9 Å². The van der Waals surface area contributed by atoms with Gasteiger partial charge in [0, 0.05) is 16.5 Å². The fourth-order valence-electron chi connectivity index (χ4n) is 8.62.